The normalized spacial score (nSPS) is 25.1. The monoisotopic (exact) mass is 545 g/mol. The minimum Gasteiger partial charge on any atom is -0.356 e. The molecule has 0 unspecified atom stereocenters. The maximum atomic E-state index is 14.0. The summed E-state index contributed by atoms with van der Waals surface area (Å²) < 4.78 is 28.0. The number of para-hydroxylation sites is 1. The van der Waals surface area contributed by atoms with E-state index in [4.69, 9.17) is 11.6 Å². The number of carbonyl (C=O) groups is 3. The number of aromatic amines is 1. The van der Waals surface area contributed by atoms with Gasteiger partial charge < -0.3 is 20.5 Å². The number of hydrogen-bond donors (Lipinski definition) is 3. The van der Waals surface area contributed by atoms with Crippen LogP contribution in [0.4, 0.5) is 8.78 Å². The van der Waals surface area contributed by atoms with Gasteiger partial charge in [-0.05, 0) is 56.1 Å². The lowest BCUT2D eigenvalue weighted by Gasteiger charge is -2.36. The molecule has 5 rings (SSSR count). The van der Waals surface area contributed by atoms with Crippen molar-refractivity contribution in [1.29, 1.82) is 5.26 Å². The van der Waals surface area contributed by atoms with E-state index < -0.39 is 35.2 Å². The second-order valence-electron chi connectivity index (χ2n) is 11.0. The Morgan fingerprint density at radius 1 is 1.26 bits per heavy atom. The Morgan fingerprint density at radius 3 is 2.71 bits per heavy atom. The van der Waals surface area contributed by atoms with E-state index in [2.05, 4.69) is 21.7 Å². The number of piperidine rings is 1. The summed E-state index contributed by atoms with van der Waals surface area (Å²) in [5.74, 6) is -4.20. The Kier molecular flexibility index (Phi) is 7.07. The molecule has 1 aromatic heterocycles. The summed E-state index contributed by atoms with van der Waals surface area (Å²) in [5, 5.41) is 16.4. The molecule has 1 aliphatic carbocycles. The first kappa shape index (κ1) is 26.4. The van der Waals surface area contributed by atoms with Gasteiger partial charge in [-0.3, -0.25) is 14.4 Å². The number of halogens is 3. The number of nitrogens with zero attached hydrogens (tertiary/aromatic N) is 2. The van der Waals surface area contributed by atoms with E-state index in [0.29, 0.717) is 23.5 Å². The van der Waals surface area contributed by atoms with Crippen LogP contribution in [-0.2, 0) is 9.59 Å². The van der Waals surface area contributed by atoms with Gasteiger partial charge in [-0.1, -0.05) is 23.7 Å². The van der Waals surface area contributed by atoms with Crippen LogP contribution in [0.3, 0.4) is 0 Å². The number of fused-ring (bicyclic) bond motifs is 1. The molecule has 3 atom stereocenters. The second-order valence-corrected chi connectivity index (χ2v) is 11.4. The molecule has 3 heterocycles. The van der Waals surface area contributed by atoms with Crippen LogP contribution in [0.1, 0.15) is 61.9 Å². The number of benzene rings is 1. The SMILES string of the molecule is N#C[C@H](C[C@@H]1CCCNC1=O)NC(=O)[C@H]1CC2(CCC(F)(F)CC2)CN1C(=O)c1cc2cccc(Cl)c2[nH]1. The van der Waals surface area contributed by atoms with Crippen LogP contribution in [0.25, 0.3) is 10.9 Å². The lowest BCUT2D eigenvalue weighted by atomic mass is 9.71. The highest BCUT2D eigenvalue weighted by molar-refractivity contribution is 6.35. The highest BCUT2D eigenvalue weighted by atomic mass is 35.5. The van der Waals surface area contributed by atoms with E-state index in [0.717, 1.165) is 11.8 Å². The Labute approximate surface area is 224 Å². The average molecular weight is 546 g/mol. The number of nitriles is 1. The van der Waals surface area contributed by atoms with Gasteiger partial charge in [-0.15, -0.1) is 0 Å². The van der Waals surface area contributed by atoms with Crippen molar-refractivity contribution in [2.24, 2.45) is 11.3 Å². The average Bonchev–Trinajstić information content (AvgIpc) is 3.50. The molecule has 1 aromatic carbocycles. The number of hydrogen-bond acceptors (Lipinski definition) is 4. The van der Waals surface area contributed by atoms with Crippen molar-refractivity contribution in [2.45, 2.75) is 69.4 Å². The molecular formula is C27H30ClF2N5O3. The Morgan fingerprint density at radius 2 is 2.03 bits per heavy atom. The molecule has 3 N–H and O–H groups in total. The largest absolute Gasteiger partial charge is 0.356 e. The van der Waals surface area contributed by atoms with Crippen LogP contribution in [0.5, 0.6) is 0 Å². The second kappa shape index (κ2) is 10.2. The summed E-state index contributed by atoms with van der Waals surface area (Å²) in [6.45, 7) is 0.767. The zero-order chi connectivity index (χ0) is 27.1. The van der Waals surface area contributed by atoms with Crippen molar-refractivity contribution >= 4 is 40.2 Å². The molecule has 202 valence electrons. The quantitative estimate of drug-likeness (QED) is 0.523. The van der Waals surface area contributed by atoms with Gasteiger partial charge in [0.2, 0.25) is 17.7 Å². The summed E-state index contributed by atoms with van der Waals surface area (Å²) in [4.78, 5) is 43.9. The predicted octanol–water partition coefficient (Wildman–Crippen LogP) is 4.16. The third-order valence-corrected chi connectivity index (χ3v) is 8.66. The van der Waals surface area contributed by atoms with E-state index in [1.54, 1.807) is 18.2 Å². The number of likely N-dealkylation sites (tertiary alicyclic amines) is 1. The summed E-state index contributed by atoms with van der Waals surface area (Å²) in [6, 6.07) is 7.18. The maximum Gasteiger partial charge on any atom is 0.271 e. The van der Waals surface area contributed by atoms with Gasteiger partial charge in [0.15, 0.2) is 0 Å². The number of rotatable bonds is 5. The fraction of sp³-hybridized carbons (Fsp3) is 0.556. The van der Waals surface area contributed by atoms with Gasteiger partial charge in [0, 0.05) is 37.2 Å². The lowest BCUT2D eigenvalue weighted by Crippen LogP contribution is -2.49. The van der Waals surface area contributed by atoms with Crippen molar-refractivity contribution in [3.8, 4) is 6.07 Å². The molecule has 0 radical (unpaired) electrons. The van der Waals surface area contributed by atoms with Crippen molar-refractivity contribution < 1.29 is 23.2 Å². The summed E-state index contributed by atoms with van der Waals surface area (Å²) in [6.07, 6.45) is 1.68. The number of carbonyl (C=O) groups excluding carboxylic acids is 3. The van der Waals surface area contributed by atoms with E-state index in [1.165, 1.54) is 4.90 Å². The van der Waals surface area contributed by atoms with Crippen LogP contribution in [-0.4, -0.2) is 58.7 Å². The fourth-order valence-electron chi connectivity index (χ4n) is 6.16. The smallest absolute Gasteiger partial charge is 0.271 e. The minimum atomic E-state index is -2.75. The molecule has 2 aliphatic heterocycles. The highest BCUT2D eigenvalue weighted by Gasteiger charge is 2.53. The Bertz CT molecular complexity index is 1300. The Hall–Kier alpha value is -3.19. The third kappa shape index (κ3) is 5.21. The van der Waals surface area contributed by atoms with Gasteiger partial charge in [-0.25, -0.2) is 8.78 Å². The maximum absolute atomic E-state index is 14.0. The topological polar surface area (TPSA) is 118 Å². The van der Waals surface area contributed by atoms with Crippen LogP contribution < -0.4 is 10.6 Å². The van der Waals surface area contributed by atoms with Crippen LogP contribution in [0.15, 0.2) is 24.3 Å². The lowest BCUT2D eigenvalue weighted by molar-refractivity contribution is -0.128. The Balaban J connectivity index is 1.38. The molecule has 1 spiro atoms. The number of H-pyrrole nitrogens is 1. The molecule has 11 heteroatoms. The van der Waals surface area contributed by atoms with Crippen LogP contribution in [0, 0.1) is 22.7 Å². The van der Waals surface area contributed by atoms with Gasteiger partial charge in [0.25, 0.3) is 5.91 Å². The zero-order valence-electron chi connectivity index (χ0n) is 20.9. The number of nitrogens with one attached hydrogen (secondary N) is 3. The molecule has 3 fully saturated rings. The molecule has 3 amide bonds. The van der Waals surface area contributed by atoms with E-state index in [9.17, 15) is 28.4 Å². The van der Waals surface area contributed by atoms with Crippen molar-refractivity contribution in [3.63, 3.8) is 0 Å². The van der Waals surface area contributed by atoms with Gasteiger partial charge in [0.05, 0.1) is 16.6 Å². The molecule has 3 aliphatic rings. The van der Waals surface area contributed by atoms with Crippen molar-refractivity contribution in [1.82, 2.24) is 20.5 Å². The van der Waals surface area contributed by atoms with E-state index in [1.807, 2.05) is 6.07 Å². The van der Waals surface area contributed by atoms with Crippen molar-refractivity contribution in [3.05, 3.63) is 35.0 Å². The molecular weight excluding hydrogens is 516 g/mol. The molecule has 2 saturated heterocycles. The van der Waals surface area contributed by atoms with E-state index >= 15 is 0 Å². The highest BCUT2D eigenvalue weighted by Crippen LogP contribution is 2.50. The first-order chi connectivity index (χ1) is 18.1. The molecule has 1 saturated carbocycles. The van der Waals surface area contributed by atoms with Crippen molar-refractivity contribution in [2.75, 3.05) is 13.1 Å². The first-order valence-corrected chi connectivity index (χ1v) is 13.4. The van der Waals surface area contributed by atoms with E-state index in [-0.39, 0.29) is 62.6 Å². The zero-order valence-corrected chi connectivity index (χ0v) is 21.6. The third-order valence-electron chi connectivity index (χ3n) is 8.34. The first-order valence-electron chi connectivity index (χ1n) is 13.0. The fourth-order valence-corrected chi connectivity index (χ4v) is 6.39. The molecule has 0 bridgehead atoms. The number of amides is 3. The van der Waals surface area contributed by atoms with Gasteiger partial charge in [0.1, 0.15) is 17.8 Å². The standard InChI is InChI=1S/C27H30ClF2N5O3/c28-19-5-1-3-16-12-20(34-22(16)19)25(38)35-15-26(6-8-27(29,30)9-7-26)13-21(35)24(37)33-18(14-31)11-17-4-2-10-32-23(17)36/h1,3,5,12,17-18,21,34H,2,4,6-11,13,15H2,(H,32,36)(H,33,37)/t17-,18-,21+/m0/s1. The van der Waals surface area contributed by atoms with Crippen LogP contribution >= 0.6 is 11.6 Å². The number of alkyl halides is 2. The molecule has 2 aromatic rings. The molecule has 8 nitrogen and oxygen atoms in total. The summed E-state index contributed by atoms with van der Waals surface area (Å²) >= 11 is 6.27. The predicted molar refractivity (Wildman–Crippen MR) is 136 cm³/mol. The van der Waals surface area contributed by atoms with Gasteiger partial charge >= 0.3 is 0 Å². The van der Waals surface area contributed by atoms with Gasteiger partial charge in [-0.2, -0.15) is 5.26 Å². The van der Waals surface area contributed by atoms with Crippen LogP contribution in [0.2, 0.25) is 5.02 Å². The molecule has 38 heavy (non-hydrogen) atoms. The number of aromatic nitrogens is 1. The minimum absolute atomic E-state index is 0.136. The summed E-state index contributed by atoms with van der Waals surface area (Å²) in [7, 11) is 0. The summed E-state index contributed by atoms with van der Waals surface area (Å²) in [5.41, 5.74) is 0.244.